The molecule has 0 atom stereocenters. The molecule has 2 heterocycles. The molecule has 0 unspecified atom stereocenters. The van der Waals surface area contributed by atoms with E-state index in [-0.39, 0.29) is 19.0 Å². The Morgan fingerprint density at radius 2 is 2.03 bits per heavy atom. The van der Waals surface area contributed by atoms with E-state index in [9.17, 15) is 4.79 Å². The van der Waals surface area contributed by atoms with Crippen LogP contribution in [0.2, 0.25) is 5.02 Å². The number of ketones is 1. The molecule has 154 valence electrons. The molecule has 4 rings (SSSR count). The Kier molecular flexibility index (Phi) is 6.82. The first-order valence-corrected chi connectivity index (χ1v) is 9.76. The number of aliphatic hydroxyl groups excluding tert-OH is 1. The summed E-state index contributed by atoms with van der Waals surface area (Å²) in [7, 11) is 0. The summed E-state index contributed by atoms with van der Waals surface area (Å²) in [5.41, 5.74) is 4.04. The van der Waals surface area contributed by atoms with Gasteiger partial charge in [-0.3, -0.25) is 4.79 Å². The summed E-state index contributed by atoms with van der Waals surface area (Å²) in [4.78, 5) is 27.8. The van der Waals surface area contributed by atoms with Crippen LogP contribution in [-0.2, 0) is 4.79 Å². The SMILES string of the molecule is C=O.CCC(=O)c1cccc(-c2ccc(OCCO)c3[nH]c4ncc(Cl)cc4c23)c1. The zero-order valence-electron chi connectivity index (χ0n) is 16.4. The van der Waals surface area contributed by atoms with Crippen molar-refractivity contribution in [2.75, 3.05) is 13.2 Å². The molecule has 2 aromatic carbocycles. The number of aromatic amines is 1. The molecule has 0 saturated heterocycles. The highest BCUT2D eigenvalue weighted by Crippen LogP contribution is 2.39. The number of fused-ring (bicyclic) bond motifs is 3. The highest BCUT2D eigenvalue weighted by Gasteiger charge is 2.16. The smallest absolute Gasteiger partial charge is 0.162 e. The lowest BCUT2D eigenvalue weighted by Gasteiger charge is -2.11. The fourth-order valence-electron chi connectivity index (χ4n) is 3.42. The van der Waals surface area contributed by atoms with Crippen molar-refractivity contribution in [3.8, 4) is 16.9 Å². The zero-order chi connectivity index (χ0) is 21.7. The normalized spacial score (nSPS) is 10.6. The molecule has 2 N–H and O–H groups in total. The van der Waals surface area contributed by atoms with Gasteiger partial charge in [-0.25, -0.2) is 4.98 Å². The van der Waals surface area contributed by atoms with Crippen molar-refractivity contribution >= 4 is 46.1 Å². The average Bonchev–Trinajstić information content (AvgIpc) is 3.17. The molecule has 0 spiro atoms. The van der Waals surface area contributed by atoms with E-state index in [1.54, 1.807) is 6.20 Å². The second-order valence-corrected chi connectivity index (χ2v) is 6.90. The van der Waals surface area contributed by atoms with Gasteiger partial charge in [-0.15, -0.1) is 0 Å². The first kappa shape index (κ1) is 21.5. The van der Waals surface area contributed by atoms with E-state index >= 15 is 0 Å². The summed E-state index contributed by atoms with van der Waals surface area (Å²) in [6.45, 7) is 3.97. The van der Waals surface area contributed by atoms with Crippen molar-refractivity contribution in [1.29, 1.82) is 0 Å². The summed E-state index contributed by atoms with van der Waals surface area (Å²) >= 11 is 6.20. The first-order chi connectivity index (χ1) is 14.6. The lowest BCUT2D eigenvalue weighted by molar-refractivity contribution is -0.0980. The number of carbonyl (C=O) groups is 2. The summed E-state index contributed by atoms with van der Waals surface area (Å²) in [6, 6.07) is 13.3. The molecule has 0 aliphatic rings. The number of Topliss-reactive ketones (excluding diaryl/α,β-unsaturated/α-hetero) is 1. The molecule has 30 heavy (non-hydrogen) atoms. The minimum absolute atomic E-state index is 0.0747. The van der Waals surface area contributed by atoms with E-state index in [4.69, 9.17) is 26.2 Å². The van der Waals surface area contributed by atoms with Crippen molar-refractivity contribution in [2.24, 2.45) is 0 Å². The number of aromatic nitrogens is 2. The maximum Gasteiger partial charge on any atom is 0.162 e. The number of hydrogen-bond donors (Lipinski definition) is 2. The Balaban J connectivity index is 0.00000124. The summed E-state index contributed by atoms with van der Waals surface area (Å²) in [6.07, 6.45) is 2.05. The van der Waals surface area contributed by atoms with E-state index in [2.05, 4.69) is 9.97 Å². The highest BCUT2D eigenvalue weighted by atomic mass is 35.5. The minimum atomic E-state index is -0.0747. The monoisotopic (exact) mass is 424 g/mol. The van der Waals surface area contributed by atoms with E-state index in [0.29, 0.717) is 28.4 Å². The molecular weight excluding hydrogens is 404 g/mol. The molecule has 0 bridgehead atoms. The number of halogens is 1. The predicted octanol–water partition coefficient (Wildman–Crippen LogP) is 4.82. The third-order valence-electron chi connectivity index (χ3n) is 4.70. The molecule has 0 aliphatic heterocycles. The van der Waals surface area contributed by atoms with Gasteiger partial charge in [0.2, 0.25) is 0 Å². The maximum absolute atomic E-state index is 12.2. The molecule has 0 aliphatic carbocycles. The number of pyridine rings is 1. The fourth-order valence-corrected chi connectivity index (χ4v) is 3.57. The summed E-state index contributed by atoms with van der Waals surface area (Å²) in [5.74, 6) is 0.729. The molecular formula is C23H21ClN2O4. The van der Waals surface area contributed by atoms with Gasteiger partial charge in [0.1, 0.15) is 24.8 Å². The van der Waals surface area contributed by atoms with Crippen LogP contribution in [0.15, 0.2) is 48.7 Å². The molecule has 6 nitrogen and oxygen atoms in total. The lowest BCUT2D eigenvalue weighted by Crippen LogP contribution is -2.02. The first-order valence-electron chi connectivity index (χ1n) is 9.38. The summed E-state index contributed by atoms with van der Waals surface area (Å²) in [5, 5.41) is 11.4. The number of nitrogens with one attached hydrogen (secondary N) is 1. The predicted molar refractivity (Wildman–Crippen MR) is 118 cm³/mol. The molecule has 0 saturated carbocycles. The van der Waals surface area contributed by atoms with Crippen molar-refractivity contribution in [3.63, 3.8) is 0 Å². The van der Waals surface area contributed by atoms with E-state index in [1.165, 1.54) is 0 Å². The van der Waals surface area contributed by atoms with Crippen LogP contribution in [0.1, 0.15) is 23.7 Å². The van der Waals surface area contributed by atoms with Crippen LogP contribution in [-0.4, -0.2) is 40.9 Å². The van der Waals surface area contributed by atoms with Crippen molar-refractivity contribution in [3.05, 3.63) is 59.2 Å². The van der Waals surface area contributed by atoms with Gasteiger partial charge in [0, 0.05) is 29.0 Å². The number of H-pyrrole nitrogens is 1. The van der Waals surface area contributed by atoms with E-state index in [0.717, 1.165) is 27.4 Å². The van der Waals surface area contributed by atoms with Crippen molar-refractivity contribution < 1.29 is 19.4 Å². The van der Waals surface area contributed by atoms with Crippen LogP contribution >= 0.6 is 11.6 Å². The Labute approximate surface area is 178 Å². The highest BCUT2D eigenvalue weighted by molar-refractivity contribution is 6.31. The number of hydrogen-bond acceptors (Lipinski definition) is 5. The standard InChI is InChI=1S/C22H19ClN2O3.CH2O/c1-2-18(27)14-5-3-4-13(10-14)16-6-7-19(28-9-8-26)21-20(16)17-11-15(23)12-24-22(17)25-21;1-2/h3-7,10-12,26H,2,8-9H2,1H3,(H,24,25);1H2. The molecule has 7 heteroatoms. The van der Waals surface area contributed by atoms with Gasteiger partial charge < -0.3 is 19.6 Å². The maximum atomic E-state index is 12.2. The Bertz CT molecular complexity index is 1200. The second kappa shape index (κ2) is 9.52. The van der Waals surface area contributed by atoms with Crippen LogP contribution < -0.4 is 4.74 Å². The minimum Gasteiger partial charge on any atom is -0.489 e. The topological polar surface area (TPSA) is 92.3 Å². The van der Waals surface area contributed by atoms with Gasteiger partial charge in [0.15, 0.2) is 5.78 Å². The third kappa shape index (κ3) is 4.06. The number of rotatable bonds is 6. The van der Waals surface area contributed by atoms with Crippen LogP contribution in [0.25, 0.3) is 33.1 Å². The number of ether oxygens (including phenoxy) is 1. The second-order valence-electron chi connectivity index (χ2n) is 6.47. The fraction of sp³-hybridized carbons (Fsp3) is 0.174. The van der Waals surface area contributed by atoms with Crippen LogP contribution in [0.3, 0.4) is 0 Å². The van der Waals surface area contributed by atoms with Crippen LogP contribution in [0, 0.1) is 0 Å². The number of benzene rings is 2. The quantitative estimate of drug-likeness (QED) is 0.433. The average molecular weight is 425 g/mol. The molecule has 2 aromatic heterocycles. The molecule has 0 radical (unpaired) electrons. The Hall–Kier alpha value is -3.22. The van der Waals surface area contributed by atoms with Gasteiger partial charge in [-0.2, -0.15) is 0 Å². The van der Waals surface area contributed by atoms with Crippen LogP contribution in [0.5, 0.6) is 5.75 Å². The van der Waals surface area contributed by atoms with Gasteiger partial charge in [-0.1, -0.05) is 36.7 Å². The largest absolute Gasteiger partial charge is 0.489 e. The number of carbonyl (C=O) groups excluding carboxylic acids is 2. The Morgan fingerprint density at radius 1 is 1.23 bits per heavy atom. The van der Waals surface area contributed by atoms with Gasteiger partial charge in [0.25, 0.3) is 0 Å². The lowest BCUT2D eigenvalue weighted by atomic mass is 9.96. The van der Waals surface area contributed by atoms with E-state index < -0.39 is 0 Å². The summed E-state index contributed by atoms with van der Waals surface area (Å²) < 4.78 is 5.70. The molecule has 0 fully saturated rings. The molecule has 4 aromatic rings. The number of nitrogens with zero attached hydrogens (tertiary/aromatic N) is 1. The van der Waals surface area contributed by atoms with E-state index in [1.807, 2.05) is 56.2 Å². The van der Waals surface area contributed by atoms with Gasteiger partial charge in [0.05, 0.1) is 17.1 Å². The van der Waals surface area contributed by atoms with Crippen LogP contribution in [0.4, 0.5) is 0 Å². The third-order valence-corrected chi connectivity index (χ3v) is 4.91. The van der Waals surface area contributed by atoms with Crippen molar-refractivity contribution in [2.45, 2.75) is 13.3 Å². The zero-order valence-corrected chi connectivity index (χ0v) is 17.2. The Morgan fingerprint density at radius 3 is 2.77 bits per heavy atom. The molecule has 0 amide bonds. The van der Waals surface area contributed by atoms with Gasteiger partial charge >= 0.3 is 0 Å². The number of aliphatic hydroxyl groups is 1. The van der Waals surface area contributed by atoms with Crippen molar-refractivity contribution in [1.82, 2.24) is 9.97 Å². The van der Waals surface area contributed by atoms with Gasteiger partial charge in [-0.05, 0) is 35.4 Å².